The average molecular weight is 467 g/mol. The van der Waals surface area contributed by atoms with Gasteiger partial charge in [0.1, 0.15) is 0 Å². The summed E-state index contributed by atoms with van der Waals surface area (Å²) in [6.45, 7) is 0. The molecule has 0 aromatic heterocycles. The van der Waals surface area contributed by atoms with Gasteiger partial charge in [0.05, 0.1) is 11.1 Å². The smallest absolute Gasteiger partial charge is 0.336 e. The summed E-state index contributed by atoms with van der Waals surface area (Å²) in [5.41, 5.74) is -0.284. The zero-order chi connectivity index (χ0) is 24.2. The Morgan fingerprint density at radius 2 is 0.882 bits per heavy atom. The first kappa shape index (κ1) is 23.7. The van der Waals surface area contributed by atoms with Gasteiger partial charge in [0.25, 0.3) is 11.8 Å². The first-order chi connectivity index (χ1) is 16.4. The van der Waals surface area contributed by atoms with Crippen LogP contribution in [-0.2, 0) is 0 Å². The number of fused-ring (bicyclic) bond motifs is 1. The van der Waals surface area contributed by atoms with Gasteiger partial charge in [0, 0.05) is 34.0 Å². The fourth-order valence-corrected chi connectivity index (χ4v) is 5.25. The van der Waals surface area contributed by atoms with Gasteiger partial charge in [-0.3, -0.25) is 9.59 Å². The number of carbonyl (C=O) groups excluding carboxylic acids is 2. The van der Waals surface area contributed by atoms with E-state index in [4.69, 9.17) is 0 Å². The lowest BCUT2D eigenvalue weighted by atomic mass is 9.89. The van der Waals surface area contributed by atoms with Crippen LogP contribution in [0.1, 0.15) is 106 Å². The van der Waals surface area contributed by atoms with Gasteiger partial charge in [-0.1, -0.05) is 38.5 Å². The standard InChI is InChI=1S/C26H30N2O6/c29-23(27-15-7-3-1-4-8-15)17-11-12-18(24(30)28-16-9-5-2-6-10-16)22-20(26(33)34)14-13-19(21(17)22)25(31)32/h11-16H,1-10H2,(H,27,29)(H,28,30)(H,31,32)(H,33,34). The van der Waals surface area contributed by atoms with Crippen LogP contribution in [0.4, 0.5) is 0 Å². The molecule has 4 N–H and O–H groups in total. The normalized spacial score (nSPS) is 17.3. The zero-order valence-corrected chi connectivity index (χ0v) is 19.1. The van der Waals surface area contributed by atoms with E-state index in [-0.39, 0.29) is 45.1 Å². The summed E-state index contributed by atoms with van der Waals surface area (Å²) in [7, 11) is 0. The van der Waals surface area contributed by atoms with Crippen molar-refractivity contribution in [1.29, 1.82) is 0 Å². The van der Waals surface area contributed by atoms with E-state index in [9.17, 15) is 29.4 Å². The maximum atomic E-state index is 13.2. The Morgan fingerprint density at radius 1 is 0.559 bits per heavy atom. The van der Waals surface area contributed by atoms with Crippen molar-refractivity contribution in [1.82, 2.24) is 10.6 Å². The molecule has 2 aromatic rings. The second-order valence-corrected chi connectivity index (χ2v) is 9.30. The third-order valence-electron chi connectivity index (χ3n) is 6.99. The predicted molar refractivity (Wildman–Crippen MR) is 127 cm³/mol. The van der Waals surface area contributed by atoms with Crippen LogP contribution < -0.4 is 10.6 Å². The van der Waals surface area contributed by atoms with E-state index in [1.54, 1.807) is 0 Å². The number of hydrogen-bond acceptors (Lipinski definition) is 4. The molecule has 2 aliphatic rings. The number of carbonyl (C=O) groups is 4. The molecule has 2 saturated carbocycles. The summed E-state index contributed by atoms with van der Waals surface area (Å²) in [6.07, 6.45) is 9.65. The molecule has 0 saturated heterocycles. The molecule has 0 unspecified atom stereocenters. The number of carboxylic acid groups (broad SMARTS) is 2. The Kier molecular flexibility index (Phi) is 7.14. The molecule has 0 atom stereocenters. The molecule has 34 heavy (non-hydrogen) atoms. The lowest BCUT2D eigenvalue weighted by molar-refractivity contribution is 0.0684. The van der Waals surface area contributed by atoms with Gasteiger partial charge >= 0.3 is 11.9 Å². The van der Waals surface area contributed by atoms with E-state index in [0.717, 1.165) is 64.2 Å². The number of nitrogens with one attached hydrogen (secondary N) is 2. The Morgan fingerprint density at radius 3 is 1.21 bits per heavy atom. The van der Waals surface area contributed by atoms with Crippen LogP contribution in [0.3, 0.4) is 0 Å². The zero-order valence-electron chi connectivity index (χ0n) is 19.1. The monoisotopic (exact) mass is 466 g/mol. The molecule has 2 amide bonds. The van der Waals surface area contributed by atoms with Crippen LogP contribution >= 0.6 is 0 Å². The highest BCUT2D eigenvalue weighted by atomic mass is 16.4. The van der Waals surface area contributed by atoms with Crippen molar-refractivity contribution in [2.45, 2.75) is 76.3 Å². The molecule has 8 nitrogen and oxygen atoms in total. The lowest BCUT2D eigenvalue weighted by Crippen LogP contribution is -2.37. The van der Waals surface area contributed by atoms with Gasteiger partial charge in [0.2, 0.25) is 0 Å². The van der Waals surface area contributed by atoms with Crippen LogP contribution in [0.5, 0.6) is 0 Å². The molecule has 0 aliphatic heterocycles. The molecule has 2 fully saturated rings. The van der Waals surface area contributed by atoms with E-state index in [2.05, 4.69) is 10.6 Å². The molecule has 0 bridgehead atoms. The molecule has 0 heterocycles. The molecule has 180 valence electrons. The minimum absolute atomic E-state index is 0.0125. The predicted octanol–water partition coefficient (Wildman–Crippen LogP) is 4.36. The van der Waals surface area contributed by atoms with E-state index in [1.807, 2.05) is 0 Å². The molecule has 2 aliphatic carbocycles. The van der Waals surface area contributed by atoms with Crippen molar-refractivity contribution >= 4 is 34.5 Å². The third kappa shape index (κ3) is 4.90. The van der Waals surface area contributed by atoms with Gasteiger partial charge in [-0.2, -0.15) is 0 Å². The third-order valence-corrected chi connectivity index (χ3v) is 6.99. The molecule has 0 spiro atoms. The van der Waals surface area contributed by atoms with Crippen LogP contribution in [0.15, 0.2) is 24.3 Å². The minimum Gasteiger partial charge on any atom is -0.478 e. The Hall–Kier alpha value is -3.42. The Labute approximate surface area is 197 Å². The van der Waals surface area contributed by atoms with Gasteiger partial charge in [-0.15, -0.1) is 0 Å². The van der Waals surface area contributed by atoms with Crippen LogP contribution in [0.2, 0.25) is 0 Å². The highest BCUT2D eigenvalue weighted by Crippen LogP contribution is 2.31. The number of rotatable bonds is 6. The van der Waals surface area contributed by atoms with E-state index < -0.39 is 23.8 Å². The van der Waals surface area contributed by atoms with Gasteiger partial charge in [-0.05, 0) is 49.9 Å². The van der Waals surface area contributed by atoms with Crippen molar-refractivity contribution in [2.75, 3.05) is 0 Å². The van der Waals surface area contributed by atoms with Crippen LogP contribution in [0, 0.1) is 0 Å². The summed E-state index contributed by atoms with van der Waals surface area (Å²) in [6, 6.07) is 5.23. The summed E-state index contributed by atoms with van der Waals surface area (Å²) in [4.78, 5) is 50.6. The summed E-state index contributed by atoms with van der Waals surface area (Å²) in [5.74, 6) is -3.50. The Bertz CT molecular complexity index is 1040. The minimum atomic E-state index is -1.29. The van der Waals surface area contributed by atoms with Crippen LogP contribution in [0.25, 0.3) is 10.8 Å². The summed E-state index contributed by atoms with van der Waals surface area (Å²) >= 11 is 0. The topological polar surface area (TPSA) is 133 Å². The Balaban J connectivity index is 1.83. The van der Waals surface area contributed by atoms with Crippen molar-refractivity contribution < 1.29 is 29.4 Å². The van der Waals surface area contributed by atoms with Crippen molar-refractivity contribution in [2.24, 2.45) is 0 Å². The maximum Gasteiger partial charge on any atom is 0.336 e. The molecule has 0 radical (unpaired) electrons. The fraction of sp³-hybridized carbons (Fsp3) is 0.462. The molecular weight excluding hydrogens is 436 g/mol. The number of carboxylic acids is 2. The number of amides is 2. The van der Waals surface area contributed by atoms with E-state index in [1.165, 1.54) is 24.3 Å². The number of aromatic carboxylic acids is 2. The van der Waals surface area contributed by atoms with E-state index in [0.29, 0.717) is 0 Å². The average Bonchev–Trinajstić information content (AvgIpc) is 2.83. The first-order valence-electron chi connectivity index (χ1n) is 12.0. The lowest BCUT2D eigenvalue weighted by Gasteiger charge is -2.24. The van der Waals surface area contributed by atoms with Crippen LogP contribution in [-0.4, -0.2) is 46.0 Å². The summed E-state index contributed by atoms with van der Waals surface area (Å²) < 4.78 is 0. The van der Waals surface area contributed by atoms with Gasteiger partial charge < -0.3 is 20.8 Å². The molecule has 4 rings (SSSR count). The molecule has 2 aromatic carbocycles. The van der Waals surface area contributed by atoms with Gasteiger partial charge in [0.15, 0.2) is 0 Å². The first-order valence-corrected chi connectivity index (χ1v) is 12.0. The fourth-order valence-electron chi connectivity index (χ4n) is 5.25. The second-order valence-electron chi connectivity index (χ2n) is 9.30. The summed E-state index contributed by atoms with van der Waals surface area (Å²) in [5, 5.41) is 25.6. The quantitative estimate of drug-likeness (QED) is 0.500. The van der Waals surface area contributed by atoms with E-state index >= 15 is 0 Å². The largest absolute Gasteiger partial charge is 0.478 e. The van der Waals surface area contributed by atoms with Crippen molar-refractivity contribution in [3.05, 3.63) is 46.5 Å². The highest BCUT2D eigenvalue weighted by Gasteiger charge is 2.27. The SMILES string of the molecule is O=C(O)c1ccc(C(=O)O)c2c(C(=O)NC3CCCCC3)ccc(C(=O)NC3CCCCC3)c12. The van der Waals surface area contributed by atoms with Crippen molar-refractivity contribution in [3.8, 4) is 0 Å². The molecule has 8 heteroatoms. The number of benzene rings is 2. The second kappa shape index (κ2) is 10.2. The highest BCUT2D eigenvalue weighted by molar-refractivity contribution is 6.23. The van der Waals surface area contributed by atoms with Crippen molar-refractivity contribution in [3.63, 3.8) is 0 Å². The maximum absolute atomic E-state index is 13.2. The molecular formula is C26H30N2O6. The van der Waals surface area contributed by atoms with Gasteiger partial charge in [-0.25, -0.2) is 9.59 Å². The number of hydrogen-bond donors (Lipinski definition) is 4.